The van der Waals surface area contributed by atoms with E-state index < -0.39 is 0 Å². The van der Waals surface area contributed by atoms with Crippen molar-refractivity contribution in [2.75, 3.05) is 0 Å². The Morgan fingerprint density at radius 1 is 1.15 bits per heavy atom. The molecule has 0 spiro atoms. The third-order valence-corrected chi connectivity index (χ3v) is 3.46. The summed E-state index contributed by atoms with van der Waals surface area (Å²) in [6.45, 7) is 1.84. The molecule has 5 nitrogen and oxygen atoms in total. The van der Waals surface area contributed by atoms with Gasteiger partial charge in [-0.3, -0.25) is 0 Å². The Bertz CT molecular complexity index is 863. The minimum atomic E-state index is 0.666. The molecule has 0 N–H and O–H groups in total. The van der Waals surface area contributed by atoms with Gasteiger partial charge in [0, 0.05) is 12.5 Å². The van der Waals surface area contributed by atoms with E-state index in [1.54, 1.807) is 4.52 Å². The summed E-state index contributed by atoms with van der Waals surface area (Å²) in [5.74, 6) is 0.666. The summed E-state index contributed by atoms with van der Waals surface area (Å²) in [6, 6.07) is 9.76. The molecule has 0 aliphatic carbocycles. The molecular weight excluding hydrogens is 320 g/mol. The van der Waals surface area contributed by atoms with Crippen LogP contribution < -0.4 is 0 Å². The van der Waals surface area contributed by atoms with Crippen LogP contribution in [0.5, 0.6) is 0 Å². The first-order valence-electron chi connectivity index (χ1n) is 6.08. The van der Waals surface area contributed by atoms with Gasteiger partial charge in [-0.2, -0.15) is 5.10 Å². The highest BCUT2D eigenvalue weighted by atomic mass is 79.9. The summed E-state index contributed by atoms with van der Waals surface area (Å²) in [7, 11) is 0. The van der Waals surface area contributed by atoms with Crippen molar-refractivity contribution >= 4 is 32.7 Å². The minimum absolute atomic E-state index is 0.666. The normalized spacial score (nSPS) is 11.5. The number of hydrogen-bond acceptors (Lipinski definition) is 4. The molecule has 0 saturated carbocycles. The number of aromatic nitrogens is 4. The van der Waals surface area contributed by atoms with Crippen LogP contribution in [0.2, 0.25) is 0 Å². The fraction of sp³-hybridized carbons (Fsp3) is 0.0714. The van der Waals surface area contributed by atoms with Crippen LogP contribution in [0.15, 0.2) is 45.5 Å². The van der Waals surface area contributed by atoms with Crippen molar-refractivity contribution in [3.05, 3.63) is 47.0 Å². The number of rotatable bonds is 1. The summed E-state index contributed by atoms with van der Waals surface area (Å²) < 4.78 is 8.07. The first-order valence-corrected chi connectivity index (χ1v) is 6.88. The monoisotopic (exact) mass is 328 g/mol. The SMILES string of the molecule is Cc1nc2ccc(-c3ccc4nc(Br)cn4n3)cc2o1. The maximum atomic E-state index is 5.56. The second-order valence-electron chi connectivity index (χ2n) is 4.50. The molecule has 6 heteroatoms. The summed E-state index contributed by atoms with van der Waals surface area (Å²) in [5, 5.41) is 4.54. The van der Waals surface area contributed by atoms with Gasteiger partial charge in [0.25, 0.3) is 0 Å². The molecule has 4 aromatic rings. The van der Waals surface area contributed by atoms with Crippen molar-refractivity contribution in [3.8, 4) is 11.3 Å². The van der Waals surface area contributed by atoms with Gasteiger partial charge >= 0.3 is 0 Å². The van der Waals surface area contributed by atoms with Gasteiger partial charge in [0.2, 0.25) is 0 Å². The van der Waals surface area contributed by atoms with E-state index >= 15 is 0 Å². The molecule has 3 heterocycles. The number of imidazole rings is 1. The van der Waals surface area contributed by atoms with Crippen molar-refractivity contribution in [2.45, 2.75) is 6.92 Å². The van der Waals surface area contributed by atoms with E-state index in [-0.39, 0.29) is 0 Å². The molecule has 98 valence electrons. The molecule has 0 bridgehead atoms. The lowest BCUT2D eigenvalue weighted by atomic mass is 10.1. The first kappa shape index (κ1) is 11.6. The second-order valence-corrected chi connectivity index (χ2v) is 5.31. The molecule has 0 saturated heterocycles. The van der Waals surface area contributed by atoms with Crippen molar-refractivity contribution < 1.29 is 4.42 Å². The number of aryl methyl sites for hydroxylation is 1. The predicted molar refractivity (Wildman–Crippen MR) is 78.4 cm³/mol. The van der Waals surface area contributed by atoms with Crippen LogP contribution in [0.3, 0.4) is 0 Å². The van der Waals surface area contributed by atoms with Crippen molar-refractivity contribution in [3.63, 3.8) is 0 Å². The highest BCUT2D eigenvalue weighted by Gasteiger charge is 2.07. The standard InChI is InChI=1S/C14H9BrN4O/c1-8-16-11-3-2-9(6-12(11)20-8)10-4-5-14-17-13(15)7-19(14)18-10/h2-7H,1H3. The molecule has 0 amide bonds. The Balaban J connectivity index is 1.90. The molecule has 0 fully saturated rings. The summed E-state index contributed by atoms with van der Waals surface area (Å²) >= 11 is 3.35. The maximum absolute atomic E-state index is 5.56. The zero-order valence-electron chi connectivity index (χ0n) is 10.5. The first-order chi connectivity index (χ1) is 9.69. The largest absolute Gasteiger partial charge is 0.441 e. The summed E-state index contributed by atoms with van der Waals surface area (Å²) in [5.41, 5.74) is 4.28. The average molecular weight is 329 g/mol. The molecule has 4 rings (SSSR count). The van der Waals surface area contributed by atoms with Crippen molar-refractivity contribution in [2.24, 2.45) is 0 Å². The van der Waals surface area contributed by atoms with Gasteiger partial charge < -0.3 is 4.42 Å². The highest BCUT2D eigenvalue weighted by Crippen LogP contribution is 2.24. The highest BCUT2D eigenvalue weighted by molar-refractivity contribution is 9.10. The molecule has 1 aromatic carbocycles. The van der Waals surface area contributed by atoms with Gasteiger partial charge in [0.05, 0.1) is 11.9 Å². The fourth-order valence-electron chi connectivity index (χ4n) is 2.21. The van der Waals surface area contributed by atoms with E-state index in [4.69, 9.17) is 4.42 Å². The average Bonchev–Trinajstić information content (AvgIpc) is 2.97. The molecule has 20 heavy (non-hydrogen) atoms. The van der Waals surface area contributed by atoms with Crippen LogP contribution in [-0.4, -0.2) is 19.6 Å². The lowest BCUT2D eigenvalue weighted by Gasteiger charge is -2.01. The second kappa shape index (κ2) is 4.14. The molecule has 3 aromatic heterocycles. The zero-order valence-corrected chi connectivity index (χ0v) is 12.1. The number of halogens is 1. The van der Waals surface area contributed by atoms with Crippen molar-refractivity contribution in [1.29, 1.82) is 0 Å². The molecule has 0 aliphatic heterocycles. The quantitative estimate of drug-likeness (QED) is 0.535. The minimum Gasteiger partial charge on any atom is -0.441 e. The van der Waals surface area contributed by atoms with E-state index in [0.29, 0.717) is 5.89 Å². The lowest BCUT2D eigenvalue weighted by Crippen LogP contribution is -1.92. The molecule has 0 unspecified atom stereocenters. The van der Waals surface area contributed by atoms with Gasteiger partial charge in [-0.25, -0.2) is 14.5 Å². The lowest BCUT2D eigenvalue weighted by molar-refractivity contribution is 0.561. The Morgan fingerprint density at radius 2 is 2.05 bits per heavy atom. The fourth-order valence-corrected chi connectivity index (χ4v) is 2.58. The number of oxazole rings is 1. The van der Waals surface area contributed by atoms with Crippen LogP contribution in [0.25, 0.3) is 28.0 Å². The van der Waals surface area contributed by atoms with E-state index in [2.05, 4.69) is 31.0 Å². The van der Waals surface area contributed by atoms with Crippen LogP contribution in [0, 0.1) is 6.92 Å². The Kier molecular flexibility index (Phi) is 2.40. The Labute approximate surface area is 122 Å². The summed E-state index contributed by atoms with van der Waals surface area (Å²) in [4.78, 5) is 8.58. The number of benzene rings is 1. The van der Waals surface area contributed by atoms with Crippen molar-refractivity contribution in [1.82, 2.24) is 19.6 Å². The van der Waals surface area contributed by atoms with Gasteiger partial charge in [0.1, 0.15) is 10.1 Å². The Morgan fingerprint density at radius 3 is 2.95 bits per heavy atom. The third kappa shape index (κ3) is 1.80. The third-order valence-electron chi connectivity index (χ3n) is 3.08. The topological polar surface area (TPSA) is 56.2 Å². The number of fused-ring (bicyclic) bond motifs is 2. The maximum Gasteiger partial charge on any atom is 0.192 e. The van der Waals surface area contributed by atoms with Crippen LogP contribution in [-0.2, 0) is 0 Å². The molecule has 0 radical (unpaired) electrons. The van der Waals surface area contributed by atoms with Gasteiger partial charge in [0.15, 0.2) is 17.1 Å². The van der Waals surface area contributed by atoms with Crippen LogP contribution in [0.4, 0.5) is 0 Å². The summed E-state index contributed by atoms with van der Waals surface area (Å²) in [6.07, 6.45) is 1.83. The smallest absolute Gasteiger partial charge is 0.192 e. The zero-order chi connectivity index (χ0) is 13.7. The van der Waals surface area contributed by atoms with Crippen LogP contribution in [0.1, 0.15) is 5.89 Å². The van der Waals surface area contributed by atoms with E-state index in [0.717, 1.165) is 32.6 Å². The van der Waals surface area contributed by atoms with E-state index in [9.17, 15) is 0 Å². The molecular formula is C14H9BrN4O. The number of nitrogens with zero attached hydrogens (tertiary/aromatic N) is 4. The predicted octanol–water partition coefficient (Wildman–Crippen LogP) is 3.61. The van der Waals surface area contributed by atoms with Gasteiger partial charge in [-0.05, 0) is 40.2 Å². The van der Waals surface area contributed by atoms with Gasteiger partial charge in [-0.15, -0.1) is 0 Å². The molecule has 0 aliphatic rings. The van der Waals surface area contributed by atoms with Gasteiger partial charge in [-0.1, -0.05) is 6.07 Å². The van der Waals surface area contributed by atoms with E-state index in [1.165, 1.54) is 0 Å². The molecule has 0 atom stereocenters. The Hall–Kier alpha value is -2.21. The van der Waals surface area contributed by atoms with E-state index in [1.807, 2.05) is 43.5 Å². The number of hydrogen-bond donors (Lipinski definition) is 0. The van der Waals surface area contributed by atoms with Crippen LogP contribution >= 0.6 is 15.9 Å².